The largest absolute Gasteiger partial charge is 0.387 e. The van der Waals surface area contributed by atoms with E-state index >= 15 is 0 Å². The number of aromatic nitrogens is 1. The lowest BCUT2D eigenvalue weighted by atomic mass is 10.00. The Hall–Kier alpha value is -1.77. The third-order valence-electron chi connectivity index (χ3n) is 3.66. The van der Waals surface area contributed by atoms with Crippen LogP contribution in [0.3, 0.4) is 0 Å². The second-order valence-electron chi connectivity index (χ2n) is 5.02. The smallest absolute Gasteiger partial charge is 0.0918 e. The van der Waals surface area contributed by atoms with Crippen molar-refractivity contribution in [2.75, 3.05) is 0 Å². The van der Waals surface area contributed by atoms with Crippen LogP contribution in [0.15, 0.2) is 48.5 Å². The van der Waals surface area contributed by atoms with Gasteiger partial charge in [0.1, 0.15) is 0 Å². The average molecular weight is 286 g/mol. The van der Waals surface area contributed by atoms with Crippen molar-refractivity contribution >= 4 is 22.5 Å². The van der Waals surface area contributed by atoms with Crippen LogP contribution < -0.4 is 0 Å². The molecule has 1 N–H and O–H groups in total. The van der Waals surface area contributed by atoms with Crippen LogP contribution in [0.1, 0.15) is 18.7 Å². The van der Waals surface area contributed by atoms with Gasteiger partial charge in [-0.05, 0) is 30.7 Å². The van der Waals surface area contributed by atoms with Crippen LogP contribution in [0.4, 0.5) is 0 Å². The van der Waals surface area contributed by atoms with Crippen molar-refractivity contribution in [1.29, 1.82) is 0 Å². The first-order chi connectivity index (χ1) is 9.59. The van der Waals surface area contributed by atoms with Crippen LogP contribution in [-0.2, 0) is 7.05 Å². The molecule has 0 aliphatic heterocycles. The molecule has 3 aromatic rings. The number of nitrogens with zero attached hydrogens (tertiary/aromatic N) is 1. The van der Waals surface area contributed by atoms with Gasteiger partial charge in [-0.15, -0.1) is 0 Å². The lowest BCUT2D eigenvalue weighted by Gasteiger charge is -2.10. The molecule has 0 saturated carbocycles. The number of benzene rings is 2. The van der Waals surface area contributed by atoms with E-state index in [1.54, 1.807) is 6.92 Å². The molecule has 0 amide bonds. The zero-order chi connectivity index (χ0) is 14.3. The molecular weight excluding hydrogens is 270 g/mol. The molecule has 0 fully saturated rings. The molecule has 0 saturated heterocycles. The Kier molecular flexibility index (Phi) is 3.28. The molecule has 1 atom stereocenters. The molecule has 2 nitrogen and oxygen atoms in total. The van der Waals surface area contributed by atoms with Crippen molar-refractivity contribution in [2.45, 2.75) is 13.0 Å². The van der Waals surface area contributed by atoms with Crippen LogP contribution in [0.5, 0.6) is 0 Å². The van der Waals surface area contributed by atoms with Gasteiger partial charge < -0.3 is 9.67 Å². The predicted molar refractivity (Wildman–Crippen MR) is 84.0 cm³/mol. The van der Waals surface area contributed by atoms with Crippen molar-refractivity contribution in [1.82, 2.24) is 4.57 Å². The highest BCUT2D eigenvalue weighted by atomic mass is 35.5. The summed E-state index contributed by atoms with van der Waals surface area (Å²) >= 11 is 6.15. The minimum Gasteiger partial charge on any atom is -0.387 e. The molecule has 0 aliphatic carbocycles. The van der Waals surface area contributed by atoms with Gasteiger partial charge in [-0.2, -0.15) is 0 Å². The lowest BCUT2D eigenvalue weighted by Crippen LogP contribution is -2.01. The standard InChI is InChI=1S/C17H16ClNO/c1-11(20)17-16(12-6-4-3-5-7-12)14-10-13(18)8-9-15(14)19(17)2/h3-11,20H,1-2H3. The SMILES string of the molecule is CC(O)c1c(-c2ccccc2)c2cc(Cl)ccc2n1C. The molecular formula is C17H16ClNO. The van der Waals surface area contributed by atoms with Crippen LogP contribution in [-0.4, -0.2) is 9.67 Å². The van der Waals surface area contributed by atoms with Crippen molar-refractivity contribution in [3.63, 3.8) is 0 Å². The molecule has 102 valence electrons. The molecule has 1 unspecified atom stereocenters. The fourth-order valence-corrected chi connectivity index (χ4v) is 3.01. The van der Waals surface area contributed by atoms with Crippen molar-refractivity contribution < 1.29 is 5.11 Å². The van der Waals surface area contributed by atoms with Gasteiger partial charge >= 0.3 is 0 Å². The zero-order valence-corrected chi connectivity index (χ0v) is 12.2. The highest BCUT2D eigenvalue weighted by Gasteiger charge is 2.19. The molecule has 0 spiro atoms. The van der Waals surface area contributed by atoms with Gasteiger partial charge in [-0.25, -0.2) is 0 Å². The van der Waals surface area contributed by atoms with E-state index in [-0.39, 0.29) is 0 Å². The van der Waals surface area contributed by atoms with E-state index in [0.29, 0.717) is 5.02 Å². The normalized spacial score (nSPS) is 12.8. The van der Waals surface area contributed by atoms with Gasteiger partial charge in [0.05, 0.1) is 11.8 Å². The molecule has 0 radical (unpaired) electrons. The third-order valence-corrected chi connectivity index (χ3v) is 3.90. The van der Waals surface area contributed by atoms with Crippen molar-refractivity contribution in [2.24, 2.45) is 7.05 Å². The fourth-order valence-electron chi connectivity index (χ4n) is 2.83. The molecule has 0 aliphatic rings. The summed E-state index contributed by atoms with van der Waals surface area (Å²) in [5.41, 5.74) is 4.13. The van der Waals surface area contributed by atoms with Gasteiger partial charge in [0.25, 0.3) is 0 Å². The van der Waals surface area contributed by atoms with E-state index in [1.807, 2.05) is 48.0 Å². The average Bonchev–Trinajstić information content (AvgIpc) is 2.72. The Morgan fingerprint density at radius 3 is 2.45 bits per heavy atom. The van der Waals surface area contributed by atoms with Crippen LogP contribution in [0.25, 0.3) is 22.0 Å². The summed E-state index contributed by atoms with van der Waals surface area (Å²) in [7, 11) is 1.98. The van der Waals surface area contributed by atoms with E-state index in [4.69, 9.17) is 11.6 Å². The van der Waals surface area contributed by atoms with E-state index in [9.17, 15) is 5.11 Å². The van der Waals surface area contributed by atoms with Crippen molar-refractivity contribution in [3.05, 3.63) is 59.2 Å². The topological polar surface area (TPSA) is 25.2 Å². The first-order valence-electron chi connectivity index (χ1n) is 6.61. The molecule has 20 heavy (non-hydrogen) atoms. The van der Waals surface area contributed by atoms with Gasteiger partial charge in [-0.3, -0.25) is 0 Å². The summed E-state index contributed by atoms with van der Waals surface area (Å²) in [5, 5.41) is 11.9. The summed E-state index contributed by atoms with van der Waals surface area (Å²) in [5.74, 6) is 0. The van der Waals surface area contributed by atoms with Crippen molar-refractivity contribution in [3.8, 4) is 11.1 Å². The second kappa shape index (κ2) is 4.97. The molecule has 1 heterocycles. The molecule has 0 bridgehead atoms. The zero-order valence-electron chi connectivity index (χ0n) is 11.5. The number of fused-ring (bicyclic) bond motifs is 1. The Labute approximate surface area is 123 Å². The fraction of sp³-hybridized carbons (Fsp3) is 0.176. The monoisotopic (exact) mass is 285 g/mol. The molecule has 3 rings (SSSR count). The van der Waals surface area contributed by atoms with Gasteiger partial charge in [-0.1, -0.05) is 41.9 Å². The quantitative estimate of drug-likeness (QED) is 0.734. The third kappa shape index (κ3) is 2.01. The highest BCUT2D eigenvalue weighted by molar-refractivity contribution is 6.31. The number of aryl methyl sites for hydroxylation is 1. The molecule has 1 aromatic heterocycles. The molecule has 2 aromatic carbocycles. The number of aliphatic hydroxyl groups is 1. The number of halogens is 1. The first-order valence-corrected chi connectivity index (χ1v) is 6.98. The number of hydrogen-bond acceptors (Lipinski definition) is 1. The molecule has 3 heteroatoms. The first kappa shape index (κ1) is 13.2. The van der Waals surface area contributed by atoms with Gasteiger partial charge in [0, 0.05) is 28.5 Å². The Bertz CT molecular complexity index is 760. The van der Waals surface area contributed by atoms with Gasteiger partial charge in [0.15, 0.2) is 0 Å². The summed E-state index contributed by atoms with van der Waals surface area (Å²) in [6, 6.07) is 16.0. The summed E-state index contributed by atoms with van der Waals surface area (Å²) in [6.07, 6.45) is -0.540. The van der Waals surface area contributed by atoms with Crippen LogP contribution >= 0.6 is 11.6 Å². The Morgan fingerprint density at radius 1 is 1.10 bits per heavy atom. The van der Waals surface area contributed by atoms with E-state index in [1.165, 1.54) is 0 Å². The Balaban J connectivity index is 2.44. The van der Waals surface area contributed by atoms with Crippen LogP contribution in [0, 0.1) is 0 Å². The summed E-state index contributed by atoms with van der Waals surface area (Å²) in [4.78, 5) is 0. The maximum Gasteiger partial charge on any atom is 0.0918 e. The number of rotatable bonds is 2. The second-order valence-corrected chi connectivity index (χ2v) is 5.46. The van der Waals surface area contributed by atoms with E-state index in [2.05, 4.69) is 12.1 Å². The summed E-state index contributed by atoms with van der Waals surface area (Å²) < 4.78 is 2.04. The lowest BCUT2D eigenvalue weighted by molar-refractivity contribution is 0.192. The summed E-state index contributed by atoms with van der Waals surface area (Å²) in [6.45, 7) is 1.79. The number of hydrogen-bond donors (Lipinski definition) is 1. The maximum absolute atomic E-state index is 10.2. The van der Waals surface area contributed by atoms with E-state index in [0.717, 1.165) is 27.7 Å². The minimum atomic E-state index is -0.540. The number of aliphatic hydroxyl groups excluding tert-OH is 1. The minimum absolute atomic E-state index is 0.540. The van der Waals surface area contributed by atoms with E-state index < -0.39 is 6.10 Å². The maximum atomic E-state index is 10.2. The predicted octanol–water partition coefficient (Wildman–Crippen LogP) is 4.55. The van der Waals surface area contributed by atoms with Crippen LogP contribution in [0.2, 0.25) is 5.02 Å². The Morgan fingerprint density at radius 2 is 1.80 bits per heavy atom. The highest BCUT2D eigenvalue weighted by Crippen LogP contribution is 2.38. The van der Waals surface area contributed by atoms with Gasteiger partial charge in [0.2, 0.25) is 0 Å².